The fourth-order valence-corrected chi connectivity index (χ4v) is 4.10. The van der Waals surface area contributed by atoms with Gasteiger partial charge in [-0.3, -0.25) is 9.28 Å². The highest BCUT2D eigenvalue weighted by molar-refractivity contribution is 9.10. The van der Waals surface area contributed by atoms with Crippen molar-refractivity contribution in [3.63, 3.8) is 0 Å². The zero-order valence-corrected chi connectivity index (χ0v) is 12.9. The Hall–Kier alpha value is -0.790. The molecular formula is C14H18BrN4O+. The Kier molecular flexibility index (Phi) is 2.98. The van der Waals surface area contributed by atoms with Crippen molar-refractivity contribution in [2.75, 3.05) is 46.6 Å². The number of carbonyl (C=O) groups excluding carboxylic acids is 1. The van der Waals surface area contributed by atoms with Gasteiger partial charge in [0.15, 0.2) is 0 Å². The molecule has 0 saturated carbocycles. The van der Waals surface area contributed by atoms with Gasteiger partial charge in [-0.1, -0.05) is 28.1 Å². The van der Waals surface area contributed by atoms with Gasteiger partial charge in [0.1, 0.15) is 26.6 Å². The largest absolute Gasteiger partial charge is 0.288 e. The minimum atomic E-state index is 0.253. The minimum Gasteiger partial charge on any atom is -0.288 e. The number of hydrogen-bond acceptors (Lipinski definition) is 4. The van der Waals surface area contributed by atoms with Crippen LogP contribution in [0.5, 0.6) is 0 Å². The third kappa shape index (κ3) is 2.21. The first kappa shape index (κ1) is 12.9. The molecule has 5 rings (SSSR count). The lowest BCUT2D eigenvalue weighted by molar-refractivity contribution is -0.973. The lowest BCUT2D eigenvalue weighted by atomic mass is 10.1. The van der Waals surface area contributed by atoms with E-state index in [0.29, 0.717) is 6.54 Å². The van der Waals surface area contributed by atoms with E-state index < -0.39 is 0 Å². The Balaban J connectivity index is 1.53. The number of Topliss-reactive ketones (excluding diaryl/α,β-unsaturated/α-hetero) is 1. The van der Waals surface area contributed by atoms with Gasteiger partial charge < -0.3 is 0 Å². The molecule has 0 atom stereocenters. The summed E-state index contributed by atoms with van der Waals surface area (Å²) in [7, 11) is 0. The standard InChI is InChI=1S/C14H18BrN4O/c15-13-3-1-12(2-4-13)14(20)5-19-9-16-6-17(10-19)8-18(7-16)11-19/h1-4H,5-11H2/q+1. The Bertz CT molecular complexity index is 509. The summed E-state index contributed by atoms with van der Waals surface area (Å²) in [6, 6.07) is 7.71. The summed E-state index contributed by atoms with van der Waals surface area (Å²) < 4.78 is 1.89. The molecule has 4 fully saturated rings. The van der Waals surface area contributed by atoms with E-state index in [9.17, 15) is 4.79 Å². The molecule has 1 aromatic carbocycles. The van der Waals surface area contributed by atoms with E-state index in [0.717, 1.165) is 54.5 Å². The molecule has 0 spiro atoms. The monoisotopic (exact) mass is 337 g/mol. The second-order valence-corrected chi connectivity index (χ2v) is 7.21. The summed E-state index contributed by atoms with van der Waals surface area (Å²) in [4.78, 5) is 19.9. The average Bonchev–Trinajstić information content (AvgIpc) is 2.37. The Labute approximate surface area is 127 Å². The van der Waals surface area contributed by atoms with Crippen molar-refractivity contribution < 1.29 is 9.28 Å². The number of nitrogens with zero attached hydrogens (tertiary/aromatic N) is 4. The third-order valence-corrected chi connectivity index (χ3v) is 4.87. The van der Waals surface area contributed by atoms with Gasteiger partial charge in [-0.05, 0) is 12.1 Å². The molecule has 106 valence electrons. The van der Waals surface area contributed by atoms with Gasteiger partial charge in [0.25, 0.3) is 0 Å². The predicted molar refractivity (Wildman–Crippen MR) is 78.3 cm³/mol. The number of carbonyl (C=O) groups is 1. The summed E-state index contributed by atoms with van der Waals surface area (Å²) >= 11 is 3.41. The van der Waals surface area contributed by atoms with Crippen molar-refractivity contribution in [2.45, 2.75) is 0 Å². The van der Waals surface area contributed by atoms with Gasteiger partial charge in [-0.15, -0.1) is 0 Å². The molecule has 4 saturated heterocycles. The molecule has 0 radical (unpaired) electrons. The van der Waals surface area contributed by atoms with Crippen LogP contribution in [0.15, 0.2) is 28.7 Å². The van der Waals surface area contributed by atoms with Crippen LogP contribution in [0.2, 0.25) is 0 Å². The third-order valence-electron chi connectivity index (χ3n) is 4.35. The lowest BCUT2D eigenvalue weighted by Gasteiger charge is -2.60. The van der Waals surface area contributed by atoms with Gasteiger partial charge in [0.2, 0.25) is 5.78 Å². The summed E-state index contributed by atoms with van der Waals surface area (Å²) in [6.07, 6.45) is 0. The van der Waals surface area contributed by atoms with Crippen molar-refractivity contribution >= 4 is 21.7 Å². The average molecular weight is 338 g/mol. The number of benzene rings is 1. The normalized spacial score (nSPS) is 38.1. The van der Waals surface area contributed by atoms with Crippen LogP contribution in [-0.2, 0) is 0 Å². The molecule has 0 N–H and O–H groups in total. The van der Waals surface area contributed by atoms with Gasteiger partial charge in [0.05, 0.1) is 20.0 Å². The maximum absolute atomic E-state index is 12.6. The fourth-order valence-electron chi connectivity index (χ4n) is 3.84. The Morgan fingerprint density at radius 3 is 2.00 bits per heavy atom. The SMILES string of the molecule is O=C(C[N+]12CN3CN(CN(C3)C1)C2)c1ccc(Br)cc1. The van der Waals surface area contributed by atoms with Crippen LogP contribution in [-0.4, -0.2) is 71.5 Å². The molecule has 0 aromatic heterocycles. The Morgan fingerprint density at radius 1 is 1.00 bits per heavy atom. The molecule has 5 nitrogen and oxygen atoms in total. The van der Waals surface area contributed by atoms with E-state index in [1.165, 1.54) is 0 Å². The minimum absolute atomic E-state index is 0.253. The molecule has 4 heterocycles. The first-order chi connectivity index (χ1) is 9.62. The quantitative estimate of drug-likeness (QED) is 0.610. The van der Waals surface area contributed by atoms with Gasteiger partial charge in [0, 0.05) is 10.0 Å². The zero-order chi connectivity index (χ0) is 13.7. The second-order valence-electron chi connectivity index (χ2n) is 6.29. The number of halogens is 1. The molecule has 4 aliphatic rings. The van der Waals surface area contributed by atoms with Crippen LogP contribution in [0, 0.1) is 0 Å². The molecule has 4 aliphatic heterocycles. The highest BCUT2D eigenvalue weighted by atomic mass is 79.9. The molecule has 4 bridgehead atoms. The van der Waals surface area contributed by atoms with Gasteiger partial charge in [-0.25, -0.2) is 14.7 Å². The molecular weight excluding hydrogens is 320 g/mol. The van der Waals surface area contributed by atoms with E-state index in [4.69, 9.17) is 0 Å². The highest BCUT2D eigenvalue weighted by Gasteiger charge is 2.49. The molecule has 0 amide bonds. The first-order valence-corrected chi connectivity index (χ1v) is 7.72. The molecule has 0 unspecified atom stereocenters. The maximum atomic E-state index is 12.6. The van der Waals surface area contributed by atoms with Crippen LogP contribution in [0.1, 0.15) is 10.4 Å². The summed E-state index contributed by atoms with van der Waals surface area (Å²) in [6.45, 7) is 6.81. The van der Waals surface area contributed by atoms with Crippen molar-refractivity contribution in [3.8, 4) is 0 Å². The maximum Gasteiger partial charge on any atom is 0.217 e. The van der Waals surface area contributed by atoms with Crippen molar-refractivity contribution in [1.29, 1.82) is 0 Å². The number of rotatable bonds is 3. The fraction of sp³-hybridized carbons (Fsp3) is 0.500. The zero-order valence-electron chi connectivity index (χ0n) is 11.3. The molecule has 1 aromatic rings. The van der Waals surface area contributed by atoms with Crippen LogP contribution in [0.25, 0.3) is 0 Å². The topological polar surface area (TPSA) is 26.8 Å². The summed E-state index contributed by atoms with van der Waals surface area (Å²) in [5.41, 5.74) is 0.821. The van der Waals surface area contributed by atoms with Crippen LogP contribution in [0.4, 0.5) is 0 Å². The van der Waals surface area contributed by atoms with Crippen molar-refractivity contribution in [2.24, 2.45) is 0 Å². The van der Waals surface area contributed by atoms with Crippen LogP contribution < -0.4 is 0 Å². The number of ketones is 1. The van der Waals surface area contributed by atoms with Crippen LogP contribution >= 0.6 is 15.9 Å². The van der Waals surface area contributed by atoms with E-state index in [-0.39, 0.29) is 5.78 Å². The first-order valence-electron chi connectivity index (χ1n) is 6.93. The summed E-state index contributed by atoms with van der Waals surface area (Å²) in [5.74, 6) is 0.253. The number of hydrogen-bond donors (Lipinski definition) is 0. The Morgan fingerprint density at radius 2 is 1.50 bits per heavy atom. The van der Waals surface area contributed by atoms with E-state index in [1.54, 1.807) is 0 Å². The van der Waals surface area contributed by atoms with Crippen LogP contribution in [0.3, 0.4) is 0 Å². The smallest absolute Gasteiger partial charge is 0.217 e. The predicted octanol–water partition coefficient (Wildman–Crippen LogP) is 1.14. The molecule has 0 aliphatic carbocycles. The lowest BCUT2D eigenvalue weighted by Crippen LogP contribution is -2.79. The van der Waals surface area contributed by atoms with E-state index >= 15 is 0 Å². The van der Waals surface area contributed by atoms with Gasteiger partial charge >= 0.3 is 0 Å². The summed E-state index contributed by atoms with van der Waals surface area (Å²) in [5, 5.41) is 0. The van der Waals surface area contributed by atoms with E-state index in [1.807, 2.05) is 24.3 Å². The molecule has 20 heavy (non-hydrogen) atoms. The van der Waals surface area contributed by atoms with Gasteiger partial charge in [-0.2, -0.15) is 0 Å². The van der Waals surface area contributed by atoms with Crippen molar-refractivity contribution in [3.05, 3.63) is 34.3 Å². The second kappa shape index (κ2) is 4.61. The highest BCUT2D eigenvalue weighted by Crippen LogP contribution is 2.28. The van der Waals surface area contributed by atoms with Crippen molar-refractivity contribution in [1.82, 2.24) is 14.7 Å². The molecule has 6 heteroatoms. The number of quaternary nitrogens is 1. The van der Waals surface area contributed by atoms with E-state index in [2.05, 4.69) is 30.6 Å².